The summed E-state index contributed by atoms with van der Waals surface area (Å²) in [5.74, 6) is 1.12. The summed E-state index contributed by atoms with van der Waals surface area (Å²) in [6.45, 7) is 9.31. The zero-order valence-corrected chi connectivity index (χ0v) is 34.1. The number of alkyl carbamates (subject to hydrolysis) is 2. The van der Waals surface area contributed by atoms with Crippen molar-refractivity contribution in [2.75, 3.05) is 27.3 Å². The van der Waals surface area contributed by atoms with E-state index in [1.54, 1.807) is 0 Å². The monoisotopic (exact) mass is 791 g/mol. The van der Waals surface area contributed by atoms with Gasteiger partial charge in [-0.1, -0.05) is 39.8 Å². The Labute approximate surface area is 338 Å². The number of nitrogens with zero attached hydrogens (tertiary/aromatic N) is 4. The van der Waals surface area contributed by atoms with E-state index in [1.807, 2.05) is 43.7 Å². The molecule has 0 saturated carbocycles. The van der Waals surface area contributed by atoms with Gasteiger partial charge in [0.1, 0.15) is 30.3 Å². The molecular formula is C44H53N7O7. The fourth-order valence-corrected chi connectivity index (χ4v) is 9.28. The Hall–Kier alpha value is -5.66. The number of fused-ring (bicyclic) bond motifs is 5. The third kappa shape index (κ3) is 7.21. The summed E-state index contributed by atoms with van der Waals surface area (Å²) < 4.78 is 16.0. The van der Waals surface area contributed by atoms with E-state index in [9.17, 15) is 19.2 Å². The minimum Gasteiger partial charge on any atom is -0.488 e. The summed E-state index contributed by atoms with van der Waals surface area (Å²) in [5, 5.41) is 5.46. The maximum Gasteiger partial charge on any atom is 0.407 e. The SMILES string of the molecule is COC(=O)N[C@H](C(=O)N1CCCC1c1ncc(-c2ccc3c(c2)COc2cc4c(cc2-3)CCC2=C4N=C([C@@H]3CCCN3C(=O)[C@@H](NC(=O)OC)C(C)C)C2)[nH]1)C(C)C. The van der Waals surface area contributed by atoms with Crippen molar-refractivity contribution in [3.63, 3.8) is 0 Å². The Morgan fingerprint density at radius 3 is 2.12 bits per heavy atom. The molecule has 14 heteroatoms. The summed E-state index contributed by atoms with van der Waals surface area (Å²) in [6.07, 6.45) is 6.51. The van der Waals surface area contributed by atoms with Gasteiger partial charge >= 0.3 is 12.2 Å². The zero-order chi connectivity index (χ0) is 40.8. The molecule has 4 atom stereocenters. The van der Waals surface area contributed by atoms with Gasteiger partial charge in [0.15, 0.2) is 0 Å². The van der Waals surface area contributed by atoms with Crippen molar-refractivity contribution in [3.05, 3.63) is 64.6 Å². The summed E-state index contributed by atoms with van der Waals surface area (Å²) in [4.78, 5) is 68.7. The first-order valence-electron chi connectivity index (χ1n) is 20.5. The molecule has 1 aromatic heterocycles. The standard InChI is InChI=1S/C44H53N7O7/c1-23(2)37(48-43(54)56-5)41(52)50-15-7-9-34(50)32-19-27-12-11-25-18-31-29-14-13-26(17-28(29)22-58-36(31)20-30(25)39(27)46-32)33-21-45-40(47-33)35-10-8-16-51(35)42(53)38(24(3)4)49-44(55)57-6/h13-14,17-18,20-21,23-24,34-35,37-38H,7-12,15-16,19,22H2,1-6H3,(H,45,47)(H,48,54)(H,49,55)/t34-,35?,37-,38-/m0/s1. The summed E-state index contributed by atoms with van der Waals surface area (Å²) in [7, 11) is 2.60. The van der Waals surface area contributed by atoms with Crippen LogP contribution >= 0.6 is 0 Å². The van der Waals surface area contributed by atoms with Crippen LogP contribution in [-0.4, -0.2) is 94.9 Å². The lowest BCUT2D eigenvalue weighted by molar-refractivity contribution is -0.135. The number of carbonyl (C=O) groups excluding carboxylic acids is 4. The number of imidazole rings is 1. The molecule has 2 aromatic carbocycles. The summed E-state index contributed by atoms with van der Waals surface area (Å²) in [5.41, 5.74) is 10.8. The van der Waals surface area contributed by atoms with Crippen LogP contribution in [-0.2, 0) is 32.1 Å². The Morgan fingerprint density at radius 2 is 1.47 bits per heavy atom. The van der Waals surface area contributed by atoms with E-state index in [-0.39, 0.29) is 35.7 Å². The number of aromatic nitrogens is 2. The van der Waals surface area contributed by atoms with Gasteiger partial charge in [-0.3, -0.25) is 14.6 Å². The molecule has 3 N–H and O–H groups in total. The number of aromatic amines is 1. The molecule has 1 unspecified atom stereocenters. The average Bonchev–Trinajstić information content (AvgIpc) is 4.06. The van der Waals surface area contributed by atoms with E-state index >= 15 is 0 Å². The normalized spacial score (nSPS) is 20.4. The molecule has 0 spiro atoms. The fraction of sp³-hybridized carbons (Fsp3) is 0.500. The molecule has 0 radical (unpaired) electrons. The third-order valence-corrected chi connectivity index (χ3v) is 12.4. The van der Waals surface area contributed by atoms with E-state index in [2.05, 4.69) is 45.9 Å². The number of hydrogen-bond donors (Lipinski definition) is 3. The molecule has 0 bridgehead atoms. The lowest BCUT2D eigenvalue weighted by Crippen LogP contribution is -2.53. The van der Waals surface area contributed by atoms with E-state index in [4.69, 9.17) is 24.2 Å². The first kappa shape index (κ1) is 39.2. The number of ether oxygens (including phenoxy) is 3. The summed E-state index contributed by atoms with van der Waals surface area (Å²) >= 11 is 0. The van der Waals surface area contributed by atoms with Crippen molar-refractivity contribution in [2.24, 2.45) is 16.8 Å². The van der Waals surface area contributed by atoms with Gasteiger partial charge in [0, 0.05) is 36.3 Å². The van der Waals surface area contributed by atoms with Gasteiger partial charge in [-0.2, -0.15) is 0 Å². The molecule has 1 aliphatic carbocycles. The van der Waals surface area contributed by atoms with Gasteiger partial charge in [-0.05, 0) is 96.4 Å². The molecule has 14 nitrogen and oxygen atoms in total. The molecule has 2 fully saturated rings. The van der Waals surface area contributed by atoms with Crippen LogP contribution in [0.2, 0.25) is 0 Å². The fourth-order valence-electron chi connectivity index (χ4n) is 9.28. The number of likely N-dealkylation sites (tertiary alicyclic amines) is 2. The number of benzene rings is 2. The molecule has 306 valence electrons. The quantitative estimate of drug-likeness (QED) is 0.219. The average molecular weight is 792 g/mol. The number of amides is 4. The minimum atomic E-state index is -0.694. The van der Waals surface area contributed by atoms with Gasteiger partial charge in [0.2, 0.25) is 11.8 Å². The van der Waals surface area contributed by atoms with Gasteiger partial charge in [-0.25, -0.2) is 14.6 Å². The van der Waals surface area contributed by atoms with Crippen molar-refractivity contribution in [1.82, 2.24) is 30.4 Å². The van der Waals surface area contributed by atoms with Crippen LogP contribution in [0.3, 0.4) is 0 Å². The number of aryl methyl sites for hydroxylation is 1. The van der Waals surface area contributed by atoms with E-state index in [1.165, 1.54) is 25.4 Å². The molecule has 5 aliphatic rings. The highest BCUT2D eigenvalue weighted by Gasteiger charge is 2.41. The molecule has 58 heavy (non-hydrogen) atoms. The third-order valence-electron chi connectivity index (χ3n) is 12.4. The Morgan fingerprint density at radius 1 is 0.810 bits per heavy atom. The van der Waals surface area contributed by atoms with Gasteiger partial charge < -0.3 is 39.6 Å². The second-order valence-corrected chi connectivity index (χ2v) is 16.7. The summed E-state index contributed by atoms with van der Waals surface area (Å²) in [6, 6.07) is 9.13. The predicted octanol–water partition coefficient (Wildman–Crippen LogP) is 6.55. The number of nitrogens with one attached hydrogen (secondary N) is 3. The first-order chi connectivity index (χ1) is 27.9. The van der Waals surface area contributed by atoms with Crippen LogP contribution < -0.4 is 15.4 Å². The van der Waals surface area contributed by atoms with Crippen molar-refractivity contribution in [2.45, 2.75) is 103 Å². The lowest BCUT2D eigenvalue weighted by Gasteiger charge is -2.31. The number of hydrogen-bond acceptors (Lipinski definition) is 9. The van der Waals surface area contributed by atoms with Gasteiger partial charge in [-0.15, -0.1) is 0 Å². The van der Waals surface area contributed by atoms with Crippen LogP contribution in [0.4, 0.5) is 9.59 Å². The molecule has 3 aromatic rings. The van der Waals surface area contributed by atoms with Crippen LogP contribution in [0.25, 0.3) is 28.1 Å². The molecule has 2 saturated heterocycles. The molecule has 4 aliphatic heterocycles. The number of aliphatic imine (C=N–C) groups is 1. The van der Waals surface area contributed by atoms with Crippen molar-refractivity contribution in [3.8, 4) is 28.1 Å². The van der Waals surface area contributed by atoms with Gasteiger partial charge in [0.25, 0.3) is 0 Å². The van der Waals surface area contributed by atoms with Crippen LogP contribution in [0.1, 0.15) is 94.8 Å². The zero-order valence-electron chi connectivity index (χ0n) is 34.1. The largest absolute Gasteiger partial charge is 0.488 e. The maximum atomic E-state index is 13.8. The van der Waals surface area contributed by atoms with Crippen LogP contribution in [0, 0.1) is 11.8 Å². The topological polar surface area (TPSA) is 168 Å². The van der Waals surface area contributed by atoms with E-state index in [0.29, 0.717) is 19.7 Å². The van der Waals surface area contributed by atoms with E-state index in [0.717, 1.165) is 101 Å². The van der Waals surface area contributed by atoms with Crippen molar-refractivity contribution < 1.29 is 33.4 Å². The Kier molecular flexibility index (Phi) is 10.8. The molecule has 5 heterocycles. The van der Waals surface area contributed by atoms with Crippen LogP contribution in [0.5, 0.6) is 5.75 Å². The lowest BCUT2D eigenvalue weighted by atomic mass is 9.85. The number of rotatable bonds is 9. The highest BCUT2D eigenvalue weighted by Crippen LogP contribution is 2.47. The predicted molar refractivity (Wildman–Crippen MR) is 218 cm³/mol. The molecular weight excluding hydrogens is 739 g/mol. The number of carbonyl (C=O) groups is 4. The smallest absolute Gasteiger partial charge is 0.407 e. The minimum absolute atomic E-state index is 0.0905. The highest BCUT2D eigenvalue weighted by molar-refractivity contribution is 6.04. The van der Waals surface area contributed by atoms with Crippen molar-refractivity contribution in [1.29, 1.82) is 0 Å². The second-order valence-electron chi connectivity index (χ2n) is 16.7. The number of H-pyrrole nitrogens is 1. The Balaban J connectivity index is 0.997. The second kappa shape index (κ2) is 15.9. The maximum absolute atomic E-state index is 13.8. The van der Waals surface area contributed by atoms with Gasteiger partial charge in [0.05, 0.1) is 43.9 Å². The van der Waals surface area contributed by atoms with Crippen molar-refractivity contribution >= 4 is 35.4 Å². The van der Waals surface area contributed by atoms with Crippen LogP contribution in [0.15, 0.2) is 47.1 Å². The Bertz CT molecular complexity index is 2210. The first-order valence-corrected chi connectivity index (χ1v) is 20.5. The highest BCUT2D eigenvalue weighted by atomic mass is 16.5. The molecule has 8 rings (SSSR count). The molecule has 4 amide bonds. The van der Waals surface area contributed by atoms with E-state index < -0.39 is 24.3 Å². The number of allylic oxidation sites excluding steroid dienone is 1. The number of methoxy groups -OCH3 is 2.